The van der Waals surface area contributed by atoms with Gasteiger partial charge in [-0.2, -0.15) is 0 Å². The molecule has 0 bridgehead atoms. The third kappa shape index (κ3) is 1.85. The van der Waals surface area contributed by atoms with E-state index in [1.165, 1.54) is 7.11 Å². The number of benzene rings is 1. The van der Waals surface area contributed by atoms with Crippen molar-refractivity contribution in [2.75, 3.05) is 20.2 Å². The summed E-state index contributed by atoms with van der Waals surface area (Å²) in [4.78, 5) is 0. The Morgan fingerprint density at radius 3 is 2.88 bits per heavy atom. The Hall–Kier alpha value is -0.930. The normalized spacial score (nSPS) is 20.1. The van der Waals surface area contributed by atoms with E-state index in [-0.39, 0.29) is 5.75 Å². The molecule has 1 heterocycles. The molecule has 4 heteroatoms. The number of rotatable bonds is 2. The lowest BCUT2D eigenvalue weighted by atomic mass is 9.93. The minimum Gasteiger partial charge on any atom is -0.504 e. The smallest absolute Gasteiger partial charge is 0.179 e. The monoisotopic (exact) mass is 241 g/mol. The van der Waals surface area contributed by atoms with Crippen LogP contribution in [-0.2, 0) is 0 Å². The molecule has 1 atom stereocenters. The molecular weight excluding hydrogens is 226 g/mol. The average Bonchev–Trinajstić information content (AvgIpc) is 2.70. The molecule has 0 aliphatic carbocycles. The molecule has 1 saturated heterocycles. The van der Waals surface area contributed by atoms with Crippen molar-refractivity contribution in [1.82, 2.24) is 5.32 Å². The van der Waals surface area contributed by atoms with Crippen molar-refractivity contribution in [2.45, 2.75) is 19.3 Å². The van der Waals surface area contributed by atoms with Crippen molar-refractivity contribution in [1.29, 1.82) is 0 Å². The summed E-state index contributed by atoms with van der Waals surface area (Å²) in [5.41, 5.74) is 2.12. The van der Waals surface area contributed by atoms with Gasteiger partial charge in [-0.25, -0.2) is 0 Å². The fraction of sp³-hybridized carbons (Fsp3) is 0.500. The highest BCUT2D eigenvalue weighted by Crippen LogP contribution is 2.42. The van der Waals surface area contributed by atoms with E-state index < -0.39 is 0 Å². The topological polar surface area (TPSA) is 41.5 Å². The molecule has 16 heavy (non-hydrogen) atoms. The number of nitrogens with one attached hydrogen (secondary N) is 1. The number of methoxy groups -OCH3 is 1. The molecule has 0 amide bonds. The summed E-state index contributed by atoms with van der Waals surface area (Å²) in [6, 6.07) is 1.72. The second-order valence-corrected chi connectivity index (χ2v) is 4.54. The van der Waals surface area contributed by atoms with Crippen molar-refractivity contribution >= 4 is 11.6 Å². The Morgan fingerprint density at radius 2 is 2.31 bits per heavy atom. The highest BCUT2D eigenvalue weighted by Gasteiger charge is 2.24. The summed E-state index contributed by atoms with van der Waals surface area (Å²) >= 11 is 6.29. The summed E-state index contributed by atoms with van der Waals surface area (Å²) in [5, 5.41) is 13.6. The molecule has 1 aromatic carbocycles. The number of aryl methyl sites for hydroxylation is 1. The van der Waals surface area contributed by atoms with Gasteiger partial charge in [-0.15, -0.1) is 0 Å². The van der Waals surface area contributed by atoms with E-state index in [0.29, 0.717) is 16.7 Å². The van der Waals surface area contributed by atoms with Crippen LogP contribution in [0.4, 0.5) is 0 Å². The molecule has 1 unspecified atom stereocenters. The molecule has 3 nitrogen and oxygen atoms in total. The Bertz CT molecular complexity index is 400. The summed E-state index contributed by atoms with van der Waals surface area (Å²) in [6.07, 6.45) is 1.08. The molecule has 2 N–H and O–H groups in total. The molecule has 0 aromatic heterocycles. The van der Waals surface area contributed by atoms with Gasteiger partial charge in [0.05, 0.1) is 12.1 Å². The Labute approximate surface area is 100 Å². The number of aromatic hydroxyl groups is 1. The van der Waals surface area contributed by atoms with Gasteiger partial charge in [-0.3, -0.25) is 0 Å². The third-order valence-corrected chi connectivity index (χ3v) is 3.49. The summed E-state index contributed by atoms with van der Waals surface area (Å²) < 4.78 is 5.13. The predicted molar refractivity (Wildman–Crippen MR) is 64.6 cm³/mol. The zero-order chi connectivity index (χ0) is 11.7. The van der Waals surface area contributed by atoms with Crippen LogP contribution >= 0.6 is 11.6 Å². The minimum absolute atomic E-state index is 0.111. The molecule has 0 saturated carbocycles. The number of halogens is 1. The van der Waals surface area contributed by atoms with Gasteiger partial charge in [-0.1, -0.05) is 11.6 Å². The first-order valence-corrected chi connectivity index (χ1v) is 5.79. The van der Waals surface area contributed by atoms with Crippen LogP contribution in [0.25, 0.3) is 0 Å². The quantitative estimate of drug-likeness (QED) is 0.836. The van der Waals surface area contributed by atoms with Crippen molar-refractivity contribution in [3.8, 4) is 11.5 Å². The number of ether oxygens (including phenoxy) is 1. The van der Waals surface area contributed by atoms with E-state index >= 15 is 0 Å². The fourth-order valence-corrected chi connectivity index (χ4v) is 2.83. The SMILES string of the molecule is COc1c(O)cc(C)c(C2CCNC2)c1Cl. The first kappa shape index (κ1) is 11.6. The maximum atomic E-state index is 9.71. The van der Waals surface area contributed by atoms with Gasteiger partial charge in [0, 0.05) is 6.54 Å². The highest BCUT2D eigenvalue weighted by atomic mass is 35.5. The van der Waals surface area contributed by atoms with Crippen LogP contribution < -0.4 is 10.1 Å². The van der Waals surface area contributed by atoms with Crippen molar-refractivity contribution < 1.29 is 9.84 Å². The molecule has 1 aromatic rings. The summed E-state index contributed by atoms with van der Waals surface area (Å²) in [7, 11) is 1.52. The van der Waals surface area contributed by atoms with Gasteiger partial charge in [0.15, 0.2) is 11.5 Å². The molecule has 2 rings (SSSR count). The van der Waals surface area contributed by atoms with Gasteiger partial charge >= 0.3 is 0 Å². The summed E-state index contributed by atoms with van der Waals surface area (Å²) in [5.74, 6) is 0.913. The van der Waals surface area contributed by atoms with Crippen LogP contribution in [0.5, 0.6) is 11.5 Å². The van der Waals surface area contributed by atoms with Crippen molar-refractivity contribution in [3.63, 3.8) is 0 Å². The Balaban J connectivity index is 2.50. The lowest BCUT2D eigenvalue weighted by molar-refractivity contribution is 0.372. The first-order chi connectivity index (χ1) is 7.65. The maximum Gasteiger partial charge on any atom is 0.179 e. The second kappa shape index (κ2) is 4.52. The van der Waals surface area contributed by atoms with E-state index in [0.717, 1.165) is 30.6 Å². The number of hydrogen-bond donors (Lipinski definition) is 2. The largest absolute Gasteiger partial charge is 0.504 e. The molecule has 0 spiro atoms. The fourth-order valence-electron chi connectivity index (χ4n) is 2.35. The van der Waals surface area contributed by atoms with Crippen LogP contribution in [0, 0.1) is 6.92 Å². The number of hydrogen-bond acceptors (Lipinski definition) is 3. The molecule has 0 radical (unpaired) electrons. The number of phenols is 1. The predicted octanol–water partition coefficient (Wildman–Crippen LogP) is 2.44. The van der Waals surface area contributed by atoms with Crippen molar-refractivity contribution in [3.05, 3.63) is 22.2 Å². The van der Waals surface area contributed by atoms with E-state index in [2.05, 4.69) is 5.32 Å². The van der Waals surface area contributed by atoms with Crippen LogP contribution in [0.3, 0.4) is 0 Å². The number of phenolic OH excluding ortho intramolecular Hbond substituents is 1. The lowest BCUT2D eigenvalue weighted by Crippen LogP contribution is -2.09. The van der Waals surface area contributed by atoms with Gasteiger partial charge in [0.1, 0.15) is 0 Å². The first-order valence-electron chi connectivity index (χ1n) is 5.41. The van der Waals surface area contributed by atoms with Crippen LogP contribution in [-0.4, -0.2) is 25.3 Å². The maximum absolute atomic E-state index is 9.71. The van der Waals surface area contributed by atoms with E-state index in [4.69, 9.17) is 16.3 Å². The average molecular weight is 242 g/mol. The van der Waals surface area contributed by atoms with Gasteiger partial charge in [-0.05, 0) is 43.0 Å². The van der Waals surface area contributed by atoms with Crippen LogP contribution in [0.2, 0.25) is 5.02 Å². The molecule has 1 fully saturated rings. The van der Waals surface area contributed by atoms with E-state index in [1.807, 2.05) is 6.92 Å². The van der Waals surface area contributed by atoms with Gasteiger partial charge < -0.3 is 15.2 Å². The Morgan fingerprint density at radius 1 is 1.56 bits per heavy atom. The van der Waals surface area contributed by atoms with Gasteiger partial charge in [0.25, 0.3) is 0 Å². The second-order valence-electron chi connectivity index (χ2n) is 4.16. The Kier molecular flexibility index (Phi) is 3.26. The standard InChI is InChI=1S/C12H16ClNO2/c1-7-5-9(15)12(16-2)11(13)10(7)8-3-4-14-6-8/h5,8,14-15H,3-4,6H2,1-2H3. The zero-order valence-electron chi connectivity index (χ0n) is 9.51. The lowest BCUT2D eigenvalue weighted by Gasteiger charge is -2.17. The van der Waals surface area contributed by atoms with E-state index in [9.17, 15) is 5.11 Å². The van der Waals surface area contributed by atoms with Crippen LogP contribution in [0.15, 0.2) is 6.07 Å². The molecular formula is C12H16ClNO2. The molecule has 88 valence electrons. The zero-order valence-corrected chi connectivity index (χ0v) is 10.3. The summed E-state index contributed by atoms with van der Waals surface area (Å²) in [6.45, 7) is 3.93. The van der Waals surface area contributed by atoms with Gasteiger partial charge in [0.2, 0.25) is 0 Å². The van der Waals surface area contributed by atoms with Crippen molar-refractivity contribution in [2.24, 2.45) is 0 Å². The molecule has 1 aliphatic rings. The van der Waals surface area contributed by atoms with Crippen LogP contribution in [0.1, 0.15) is 23.5 Å². The highest BCUT2D eigenvalue weighted by molar-refractivity contribution is 6.33. The minimum atomic E-state index is 0.111. The van der Waals surface area contributed by atoms with E-state index in [1.54, 1.807) is 6.07 Å². The third-order valence-electron chi connectivity index (χ3n) is 3.12. The molecule has 1 aliphatic heterocycles.